The van der Waals surface area contributed by atoms with Crippen molar-refractivity contribution in [2.24, 2.45) is 0 Å². The normalized spacial score (nSPS) is 16.0. The van der Waals surface area contributed by atoms with E-state index in [-0.39, 0.29) is 35.7 Å². The van der Waals surface area contributed by atoms with E-state index in [2.05, 4.69) is 15.7 Å². The zero-order chi connectivity index (χ0) is 24.8. The number of ether oxygens (including phenoxy) is 2. The van der Waals surface area contributed by atoms with E-state index in [0.29, 0.717) is 13.2 Å². The van der Waals surface area contributed by atoms with E-state index in [1.165, 1.54) is 23.9 Å². The van der Waals surface area contributed by atoms with Crippen molar-refractivity contribution in [3.63, 3.8) is 0 Å². The number of carbonyl (C=O) groups is 2. The molecule has 2 aromatic carbocycles. The molecule has 1 fully saturated rings. The van der Waals surface area contributed by atoms with E-state index < -0.39 is 17.8 Å². The maximum Gasteiger partial charge on any atom is 0.272 e. The van der Waals surface area contributed by atoms with Crippen LogP contribution in [-0.2, 0) is 9.53 Å². The van der Waals surface area contributed by atoms with Crippen LogP contribution >= 0.6 is 0 Å². The van der Waals surface area contributed by atoms with Crippen molar-refractivity contribution in [1.29, 1.82) is 0 Å². The molecule has 0 radical (unpaired) electrons. The smallest absolute Gasteiger partial charge is 0.272 e. The van der Waals surface area contributed by atoms with Crippen LogP contribution in [0.2, 0.25) is 0 Å². The standard InChI is InChI=1S/C26H29FN4O4/c1-17-8-3-4-10-19(17)21(14-24(32)28-16-18-9-7-13-35-18)29-26(33)22-15-25(34-2)31(30-22)23-12-6-5-11-20(23)27/h3-6,8,10-12,15,18,21H,7,9,13-14,16H2,1-2H3,(H,28,32)(H,29,33)/t18-,21-/m0/s1. The first-order valence-electron chi connectivity index (χ1n) is 11.6. The number of hydrogen-bond donors (Lipinski definition) is 2. The minimum absolute atomic E-state index is 0.0280. The highest BCUT2D eigenvalue weighted by molar-refractivity contribution is 5.93. The molecule has 1 aliphatic heterocycles. The minimum atomic E-state index is -0.585. The van der Waals surface area contributed by atoms with Crippen LogP contribution < -0.4 is 15.4 Å². The fraction of sp³-hybridized carbons (Fsp3) is 0.346. The van der Waals surface area contributed by atoms with Crippen LogP contribution in [-0.4, -0.2) is 48.0 Å². The van der Waals surface area contributed by atoms with Crippen molar-refractivity contribution in [1.82, 2.24) is 20.4 Å². The number of nitrogens with zero attached hydrogens (tertiary/aromatic N) is 2. The monoisotopic (exact) mass is 480 g/mol. The second-order valence-electron chi connectivity index (χ2n) is 8.46. The Morgan fingerprint density at radius 3 is 2.71 bits per heavy atom. The molecule has 9 heteroatoms. The summed E-state index contributed by atoms with van der Waals surface area (Å²) in [5.74, 6) is -0.981. The summed E-state index contributed by atoms with van der Waals surface area (Å²) in [4.78, 5) is 25.9. The molecule has 4 rings (SSSR count). The molecule has 2 atom stereocenters. The lowest BCUT2D eigenvalue weighted by Gasteiger charge is -2.21. The molecule has 184 valence electrons. The van der Waals surface area contributed by atoms with Gasteiger partial charge in [-0.25, -0.2) is 4.39 Å². The maximum atomic E-state index is 14.3. The molecule has 1 aromatic heterocycles. The van der Waals surface area contributed by atoms with Gasteiger partial charge in [-0.2, -0.15) is 9.78 Å². The number of aromatic nitrogens is 2. The second-order valence-corrected chi connectivity index (χ2v) is 8.46. The number of carbonyl (C=O) groups excluding carboxylic acids is 2. The Hall–Kier alpha value is -3.72. The molecule has 35 heavy (non-hydrogen) atoms. The van der Waals surface area contributed by atoms with Gasteiger partial charge in [0.25, 0.3) is 5.91 Å². The predicted octanol–water partition coefficient (Wildman–Crippen LogP) is 3.48. The third-order valence-electron chi connectivity index (χ3n) is 6.01. The number of rotatable bonds is 9. The maximum absolute atomic E-state index is 14.3. The van der Waals surface area contributed by atoms with Gasteiger partial charge in [0.2, 0.25) is 11.8 Å². The average molecular weight is 481 g/mol. The number of aryl methyl sites for hydroxylation is 1. The van der Waals surface area contributed by atoms with E-state index in [1.54, 1.807) is 18.2 Å². The number of para-hydroxylation sites is 1. The molecule has 2 N–H and O–H groups in total. The van der Waals surface area contributed by atoms with Gasteiger partial charge in [-0.3, -0.25) is 9.59 Å². The van der Waals surface area contributed by atoms with Crippen LogP contribution in [0.4, 0.5) is 4.39 Å². The number of benzene rings is 2. The van der Waals surface area contributed by atoms with Crippen LogP contribution in [0.25, 0.3) is 5.69 Å². The highest BCUT2D eigenvalue weighted by Gasteiger charge is 2.25. The van der Waals surface area contributed by atoms with Crippen molar-refractivity contribution in [3.8, 4) is 11.6 Å². The van der Waals surface area contributed by atoms with Gasteiger partial charge in [-0.15, -0.1) is 0 Å². The topological polar surface area (TPSA) is 94.5 Å². The SMILES string of the molecule is COc1cc(C(=O)N[C@@H](CC(=O)NC[C@@H]2CCCO2)c2ccccc2C)nn1-c1ccccc1F. The van der Waals surface area contributed by atoms with E-state index in [9.17, 15) is 14.0 Å². The molecule has 2 amide bonds. The molecule has 0 unspecified atom stereocenters. The Kier molecular flexibility index (Phi) is 7.77. The largest absolute Gasteiger partial charge is 0.481 e. The van der Waals surface area contributed by atoms with Gasteiger partial charge in [0.05, 0.1) is 25.7 Å². The number of amides is 2. The Morgan fingerprint density at radius 1 is 1.23 bits per heavy atom. The van der Waals surface area contributed by atoms with E-state index in [4.69, 9.17) is 9.47 Å². The molecule has 8 nitrogen and oxygen atoms in total. The van der Waals surface area contributed by atoms with Gasteiger partial charge < -0.3 is 20.1 Å². The third kappa shape index (κ3) is 5.86. The van der Waals surface area contributed by atoms with Crippen molar-refractivity contribution in [3.05, 3.63) is 77.2 Å². The summed E-state index contributed by atoms with van der Waals surface area (Å²) < 4.78 is 26.5. The van der Waals surface area contributed by atoms with Crippen molar-refractivity contribution in [2.75, 3.05) is 20.3 Å². The molecule has 0 saturated carbocycles. The fourth-order valence-electron chi connectivity index (χ4n) is 4.16. The lowest BCUT2D eigenvalue weighted by atomic mass is 9.98. The van der Waals surface area contributed by atoms with Crippen LogP contribution in [0.15, 0.2) is 54.6 Å². The molecule has 3 aromatic rings. The molecule has 1 saturated heterocycles. The highest BCUT2D eigenvalue weighted by atomic mass is 19.1. The van der Waals surface area contributed by atoms with Crippen LogP contribution in [0, 0.1) is 12.7 Å². The molecular weight excluding hydrogens is 451 g/mol. The molecule has 2 heterocycles. The Bertz CT molecular complexity index is 1190. The van der Waals surface area contributed by atoms with Gasteiger partial charge in [-0.1, -0.05) is 36.4 Å². The molecular formula is C26H29FN4O4. The van der Waals surface area contributed by atoms with Crippen molar-refractivity contribution < 1.29 is 23.5 Å². The van der Waals surface area contributed by atoms with Gasteiger partial charge in [0.1, 0.15) is 11.5 Å². The number of nitrogens with one attached hydrogen (secondary N) is 2. The van der Waals surface area contributed by atoms with E-state index in [0.717, 1.165) is 24.0 Å². The molecule has 0 spiro atoms. The van der Waals surface area contributed by atoms with Gasteiger partial charge in [-0.05, 0) is 43.0 Å². The van der Waals surface area contributed by atoms with Crippen LogP contribution in [0.5, 0.6) is 5.88 Å². The lowest BCUT2D eigenvalue weighted by molar-refractivity contribution is -0.122. The lowest BCUT2D eigenvalue weighted by Crippen LogP contribution is -2.37. The first kappa shape index (κ1) is 24.4. The Balaban J connectivity index is 1.53. The second kappa shape index (κ2) is 11.1. The summed E-state index contributed by atoms with van der Waals surface area (Å²) in [6.07, 6.45) is 1.99. The highest BCUT2D eigenvalue weighted by Crippen LogP contribution is 2.24. The quantitative estimate of drug-likeness (QED) is 0.489. The first-order chi connectivity index (χ1) is 17.0. The summed E-state index contributed by atoms with van der Waals surface area (Å²) in [6, 6.07) is 14.5. The van der Waals surface area contributed by atoms with Crippen molar-refractivity contribution in [2.45, 2.75) is 38.3 Å². The van der Waals surface area contributed by atoms with Gasteiger partial charge in [0, 0.05) is 19.2 Å². The summed E-state index contributed by atoms with van der Waals surface area (Å²) in [7, 11) is 1.42. The summed E-state index contributed by atoms with van der Waals surface area (Å²) >= 11 is 0. The minimum Gasteiger partial charge on any atom is -0.481 e. The van der Waals surface area contributed by atoms with Crippen LogP contribution in [0.3, 0.4) is 0 Å². The summed E-state index contributed by atoms with van der Waals surface area (Å²) in [6.45, 7) is 3.08. The van der Waals surface area contributed by atoms with Crippen LogP contribution in [0.1, 0.15) is 46.9 Å². The number of hydrogen-bond acceptors (Lipinski definition) is 5. The fourth-order valence-corrected chi connectivity index (χ4v) is 4.16. The van der Waals surface area contributed by atoms with E-state index >= 15 is 0 Å². The molecule has 0 bridgehead atoms. The zero-order valence-electron chi connectivity index (χ0n) is 19.8. The van der Waals surface area contributed by atoms with E-state index in [1.807, 2.05) is 31.2 Å². The Labute approximate surface area is 203 Å². The zero-order valence-corrected chi connectivity index (χ0v) is 19.8. The summed E-state index contributed by atoms with van der Waals surface area (Å²) in [5, 5.41) is 10.1. The summed E-state index contributed by atoms with van der Waals surface area (Å²) in [5.41, 5.74) is 1.98. The Morgan fingerprint density at radius 2 is 2.00 bits per heavy atom. The average Bonchev–Trinajstić information content (AvgIpc) is 3.53. The molecule has 0 aliphatic carbocycles. The number of methoxy groups -OCH3 is 1. The van der Waals surface area contributed by atoms with Crippen molar-refractivity contribution >= 4 is 11.8 Å². The molecule has 1 aliphatic rings. The van der Waals surface area contributed by atoms with Gasteiger partial charge in [0.15, 0.2) is 5.69 Å². The number of halogens is 1. The first-order valence-corrected chi connectivity index (χ1v) is 11.6. The third-order valence-corrected chi connectivity index (χ3v) is 6.01. The van der Waals surface area contributed by atoms with Gasteiger partial charge >= 0.3 is 0 Å². The predicted molar refractivity (Wildman–Crippen MR) is 128 cm³/mol.